The molecule has 0 aliphatic heterocycles. The molecule has 0 aliphatic carbocycles. The third kappa shape index (κ3) is 4.34. The summed E-state index contributed by atoms with van der Waals surface area (Å²) in [5.41, 5.74) is 2.22. The Hall–Kier alpha value is -2.30. The van der Waals surface area contributed by atoms with Gasteiger partial charge in [0.05, 0.1) is 5.69 Å². The number of aromatic hydroxyl groups is 1. The van der Waals surface area contributed by atoms with E-state index >= 15 is 0 Å². The molecule has 124 valence electrons. The first-order valence-corrected chi connectivity index (χ1v) is 7.73. The molecule has 0 saturated heterocycles. The van der Waals surface area contributed by atoms with Gasteiger partial charge in [0.2, 0.25) is 5.91 Å². The van der Waals surface area contributed by atoms with Crippen LogP contribution in [0.2, 0.25) is 0 Å². The zero-order chi connectivity index (χ0) is 17.2. The van der Waals surface area contributed by atoms with Gasteiger partial charge in [0, 0.05) is 23.9 Å². The lowest BCUT2D eigenvalue weighted by Crippen LogP contribution is -2.13. The Morgan fingerprint density at radius 3 is 2.57 bits per heavy atom. The first kappa shape index (κ1) is 17.1. The molecular formula is C18H24N2O3. The first-order valence-electron chi connectivity index (χ1n) is 7.73. The van der Waals surface area contributed by atoms with Gasteiger partial charge in [0.25, 0.3) is 0 Å². The second kappa shape index (κ2) is 6.44. The fourth-order valence-corrected chi connectivity index (χ4v) is 2.21. The Kier molecular flexibility index (Phi) is 4.78. The van der Waals surface area contributed by atoms with Crippen molar-refractivity contribution in [1.82, 2.24) is 4.98 Å². The van der Waals surface area contributed by atoms with Crippen LogP contribution < -0.4 is 5.32 Å². The number of aromatic nitrogens is 1. The van der Waals surface area contributed by atoms with Gasteiger partial charge in [0.15, 0.2) is 5.89 Å². The van der Waals surface area contributed by atoms with Crippen LogP contribution in [0.1, 0.15) is 50.1 Å². The van der Waals surface area contributed by atoms with E-state index in [2.05, 4.69) is 10.3 Å². The minimum Gasteiger partial charge on any atom is -0.508 e. The quantitative estimate of drug-likeness (QED) is 0.840. The summed E-state index contributed by atoms with van der Waals surface area (Å²) in [4.78, 5) is 16.5. The molecule has 2 N–H and O–H groups in total. The summed E-state index contributed by atoms with van der Waals surface area (Å²) in [5.74, 6) is 1.55. The number of hydrogen-bond acceptors (Lipinski definition) is 4. The molecule has 0 spiro atoms. The summed E-state index contributed by atoms with van der Waals surface area (Å²) in [7, 11) is 0. The number of phenolic OH excluding ortho intramolecular Hbond substituents is 1. The van der Waals surface area contributed by atoms with Crippen molar-refractivity contribution in [2.45, 2.75) is 52.9 Å². The third-order valence-corrected chi connectivity index (χ3v) is 3.60. The number of amides is 1. The lowest BCUT2D eigenvalue weighted by atomic mass is 9.97. The number of anilines is 1. The normalized spacial score (nSPS) is 11.5. The van der Waals surface area contributed by atoms with E-state index in [1.165, 1.54) is 0 Å². The molecule has 5 nitrogen and oxygen atoms in total. The van der Waals surface area contributed by atoms with E-state index in [1.54, 1.807) is 18.2 Å². The predicted molar refractivity (Wildman–Crippen MR) is 89.7 cm³/mol. The molecule has 2 rings (SSSR count). The molecule has 1 amide bonds. The molecule has 0 fully saturated rings. The van der Waals surface area contributed by atoms with Gasteiger partial charge in [-0.3, -0.25) is 4.79 Å². The van der Waals surface area contributed by atoms with Crippen molar-refractivity contribution in [3.05, 3.63) is 41.1 Å². The average Bonchev–Trinajstić information content (AvgIpc) is 2.81. The molecule has 23 heavy (non-hydrogen) atoms. The molecule has 1 aromatic carbocycles. The number of nitrogens with zero attached hydrogens (tertiary/aromatic N) is 1. The molecule has 1 heterocycles. The highest BCUT2D eigenvalue weighted by Crippen LogP contribution is 2.25. The predicted octanol–water partition coefficient (Wildman–Crippen LogP) is 3.87. The zero-order valence-corrected chi connectivity index (χ0v) is 14.4. The van der Waals surface area contributed by atoms with Crippen molar-refractivity contribution < 1.29 is 14.3 Å². The molecule has 5 heteroatoms. The molecule has 0 radical (unpaired) electrons. The lowest BCUT2D eigenvalue weighted by molar-refractivity contribution is -0.116. The topological polar surface area (TPSA) is 75.4 Å². The highest BCUT2D eigenvalue weighted by Gasteiger charge is 2.22. The van der Waals surface area contributed by atoms with Crippen LogP contribution in [0.3, 0.4) is 0 Å². The summed E-state index contributed by atoms with van der Waals surface area (Å²) in [6, 6.07) is 4.87. The van der Waals surface area contributed by atoms with Gasteiger partial charge >= 0.3 is 0 Å². The maximum atomic E-state index is 12.1. The Morgan fingerprint density at radius 2 is 2.00 bits per heavy atom. The van der Waals surface area contributed by atoms with Gasteiger partial charge in [-0.05, 0) is 37.6 Å². The number of carbonyl (C=O) groups excluding carboxylic acids is 1. The summed E-state index contributed by atoms with van der Waals surface area (Å²) in [5, 5.41) is 12.2. The lowest BCUT2D eigenvalue weighted by Gasteiger charge is -2.12. The third-order valence-electron chi connectivity index (χ3n) is 3.60. The van der Waals surface area contributed by atoms with E-state index in [0.717, 1.165) is 17.0 Å². The number of carbonyl (C=O) groups is 1. The SMILES string of the molecule is Cc1cc(O)ccc1NC(=O)CCc1oc(C(C)(C)C)nc1C. The van der Waals surface area contributed by atoms with Crippen LogP contribution in [0.25, 0.3) is 0 Å². The monoisotopic (exact) mass is 316 g/mol. The molecular weight excluding hydrogens is 292 g/mol. The minimum absolute atomic E-state index is 0.0908. The van der Waals surface area contributed by atoms with E-state index in [1.807, 2.05) is 34.6 Å². The van der Waals surface area contributed by atoms with Crippen molar-refractivity contribution in [3.63, 3.8) is 0 Å². The van der Waals surface area contributed by atoms with E-state index in [9.17, 15) is 9.90 Å². The molecule has 0 atom stereocenters. The Balaban J connectivity index is 1.98. The van der Waals surface area contributed by atoms with Crippen LogP contribution in [-0.4, -0.2) is 16.0 Å². The van der Waals surface area contributed by atoms with Crippen LogP contribution in [-0.2, 0) is 16.6 Å². The van der Waals surface area contributed by atoms with Crippen molar-refractivity contribution in [2.75, 3.05) is 5.32 Å². The van der Waals surface area contributed by atoms with Crippen LogP contribution in [0.5, 0.6) is 5.75 Å². The second-order valence-electron chi connectivity index (χ2n) is 6.83. The molecule has 0 aliphatic rings. The number of hydrogen-bond donors (Lipinski definition) is 2. The molecule has 0 unspecified atom stereocenters. The van der Waals surface area contributed by atoms with Gasteiger partial charge in [-0.15, -0.1) is 0 Å². The number of oxazole rings is 1. The van der Waals surface area contributed by atoms with Crippen LogP contribution >= 0.6 is 0 Å². The smallest absolute Gasteiger partial charge is 0.224 e. The fourth-order valence-electron chi connectivity index (χ4n) is 2.21. The van der Waals surface area contributed by atoms with Gasteiger partial charge in [0.1, 0.15) is 11.5 Å². The van der Waals surface area contributed by atoms with Crippen molar-refractivity contribution in [2.24, 2.45) is 0 Å². The van der Waals surface area contributed by atoms with Gasteiger partial charge in [-0.2, -0.15) is 0 Å². The largest absolute Gasteiger partial charge is 0.508 e. The molecule has 2 aromatic rings. The Labute approximate surface area is 136 Å². The molecule has 1 aromatic heterocycles. The summed E-state index contributed by atoms with van der Waals surface area (Å²) >= 11 is 0. The first-order chi connectivity index (χ1) is 10.7. The zero-order valence-electron chi connectivity index (χ0n) is 14.4. The second-order valence-corrected chi connectivity index (χ2v) is 6.83. The number of aryl methyl sites for hydroxylation is 3. The van der Waals surface area contributed by atoms with E-state index in [-0.39, 0.29) is 17.1 Å². The number of phenols is 1. The molecule has 0 saturated carbocycles. The van der Waals surface area contributed by atoms with Crippen LogP contribution in [0, 0.1) is 13.8 Å². The summed E-state index contributed by atoms with van der Waals surface area (Å²) in [6.07, 6.45) is 0.831. The van der Waals surface area contributed by atoms with E-state index in [0.29, 0.717) is 24.4 Å². The van der Waals surface area contributed by atoms with Crippen LogP contribution in [0.15, 0.2) is 22.6 Å². The maximum Gasteiger partial charge on any atom is 0.224 e. The summed E-state index contributed by atoms with van der Waals surface area (Å²) in [6.45, 7) is 9.87. The van der Waals surface area contributed by atoms with Crippen LogP contribution in [0.4, 0.5) is 5.69 Å². The highest BCUT2D eigenvalue weighted by atomic mass is 16.4. The highest BCUT2D eigenvalue weighted by molar-refractivity contribution is 5.91. The van der Waals surface area contributed by atoms with Gasteiger partial charge in [-0.1, -0.05) is 20.8 Å². The van der Waals surface area contributed by atoms with Crippen molar-refractivity contribution in [3.8, 4) is 5.75 Å². The fraction of sp³-hybridized carbons (Fsp3) is 0.444. The summed E-state index contributed by atoms with van der Waals surface area (Å²) < 4.78 is 5.79. The Bertz CT molecular complexity index is 712. The van der Waals surface area contributed by atoms with E-state index in [4.69, 9.17) is 4.42 Å². The van der Waals surface area contributed by atoms with E-state index < -0.39 is 0 Å². The number of nitrogens with one attached hydrogen (secondary N) is 1. The van der Waals surface area contributed by atoms with Gasteiger partial charge < -0.3 is 14.8 Å². The standard InChI is InChI=1S/C18H24N2O3/c1-11-10-13(21)6-7-14(11)20-16(22)9-8-15-12(2)19-17(23-15)18(3,4)5/h6-7,10,21H,8-9H2,1-5H3,(H,20,22). The van der Waals surface area contributed by atoms with Crippen molar-refractivity contribution in [1.29, 1.82) is 0 Å². The minimum atomic E-state index is -0.144. The number of benzene rings is 1. The maximum absolute atomic E-state index is 12.1. The number of rotatable bonds is 4. The molecule has 0 bridgehead atoms. The van der Waals surface area contributed by atoms with Gasteiger partial charge in [-0.25, -0.2) is 4.98 Å². The van der Waals surface area contributed by atoms with Crippen molar-refractivity contribution >= 4 is 11.6 Å². The Morgan fingerprint density at radius 1 is 1.30 bits per heavy atom. The average molecular weight is 316 g/mol.